The summed E-state index contributed by atoms with van der Waals surface area (Å²) in [5, 5.41) is 1.41. The Balaban J connectivity index is 2.83. The molecule has 2 heteroatoms. The fraction of sp³-hybridized carbons (Fsp3) is 0. The summed E-state index contributed by atoms with van der Waals surface area (Å²) in [7, 11) is 0.868. The van der Waals surface area contributed by atoms with Crippen molar-refractivity contribution in [1.82, 2.24) is 0 Å². The molecule has 0 aliphatic rings. The zero-order valence-corrected chi connectivity index (χ0v) is 7.21. The van der Waals surface area contributed by atoms with Crippen LogP contribution < -0.4 is 5.30 Å². The Morgan fingerprint density at radius 3 is 2.12 bits per heavy atom. The molecule has 0 saturated heterocycles. The molecule has 0 amide bonds. The molecule has 0 aliphatic heterocycles. The summed E-state index contributed by atoms with van der Waals surface area (Å²) < 4.78 is 0. The number of hydrogen-bond donors (Lipinski definition) is 0. The van der Waals surface area contributed by atoms with Gasteiger partial charge in [0.25, 0.3) is 0 Å². The molecule has 0 aliphatic carbocycles. The third-order valence-corrected chi connectivity index (χ3v) is 3.12. The molecule has 0 spiro atoms. The van der Waals surface area contributed by atoms with Crippen LogP contribution in [0.25, 0.3) is 0 Å². The van der Waals surface area contributed by atoms with Crippen molar-refractivity contribution in [3.63, 3.8) is 0 Å². The summed E-state index contributed by atoms with van der Waals surface area (Å²) in [5.41, 5.74) is 0. The van der Waals surface area contributed by atoms with Crippen molar-refractivity contribution in [3.05, 3.63) is 30.3 Å². The Kier molecular flexibility index (Phi) is 2.59. The second-order valence-electron chi connectivity index (χ2n) is 1.48. The third kappa shape index (κ3) is 1.62. The quantitative estimate of drug-likeness (QED) is 0.452. The van der Waals surface area contributed by atoms with E-state index in [9.17, 15) is 0 Å². The molecule has 0 saturated carbocycles. The average Bonchev–Trinajstić information content (AvgIpc) is 1.90. The Hall–Kier alpha value is 0.208. The van der Waals surface area contributed by atoms with Crippen LogP contribution in [0.2, 0.25) is 0 Å². The molecule has 0 fully saturated rings. The average molecular weight is 184 g/mol. The molecule has 0 bridgehead atoms. The first-order chi connectivity index (χ1) is 3.93. The van der Waals surface area contributed by atoms with Crippen LogP contribution in [0.1, 0.15) is 0 Å². The maximum atomic E-state index is 2.59. The van der Waals surface area contributed by atoms with Gasteiger partial charge in [0, 0.05) is 0 Å². The summed E-state index contributed by atoms with van der Waals surface area (Å²) in [4.78, 5) is 0. The van der Waals surface area contributed by atoms with Crippen LogP contribution in [-0.4, -0.2) is 16.4 Å². The first-order valence-electron chi connectivity index (χ1n) is 2.38. The van der Waals surface area contributed by atoms with Crippen molar-refractivity contribution in [2.24, 2.45) is 0 Å². The van der Waals surface area contributed by atoms with Gasteiger partial charge in [0.2, 0.25) is 0 Å². The van der Waals surface area contributed by atoms with Crippen molar-refractivity contribution in [1.29, 1.82) is 0 Å². The Bertz CT molecular complexity index is 150. The van der Waals surface area contributed by atoms with E-state index in [0.29, 0.717) is 0 Å². The molecule has 1 rings (SSSR count). The summed E-state index contributed by atoms with van der Waals surface area (Å²) in [6.07, 6.45) is 0. The van der Waals surface area contributed by atoms with E-state index in [4.69, 9.17) is 0 Å². The van der Waals surface area contributed by atoms with E-state index in [-0.39, 0.29) is 0 Å². The topological polar surface area (TPSA) is 0 Å². The molecule has 1 aromatic rings. The molecule has 40 valence electrons. The zero-order valence-electron chi connectivity index (χ0n) is 4.33. The molecule has 0 heterocycles. The summed E-state index contributed by atoms with van der Waals surface area (Å²) in [6.45, 7) is 0. The molecule has 0 aromatic heterocycles. The fourth-order valence-electron chi connectivity index (χ4n) is 0.513. The molecular formula is C6H6AsP. The normalized spacial score (nSPS) is 10.6. The van der Waals surface area contributed by atoms with E-state index < -0.39 is 0 Å². The van der Waals surface area contributed by atoms with Crippen molar-refractivity contribution >= 4 is 28.8 Å². The van der Waals surface area contributed by atoms with Gasteiger partial charge in [-0.3, -0.25) is 0 Å². The summed E-state index contributed by atoms with van der Waals surface area (Å²) in [5.74, 6) is 0. The third-order valence-electron chi connectivity index (χ3n) is 0.903. The Morgan fingerprint density at radius 2 is 1.75 bits per heavy atom. The molecular weight excluding hydrogens is 178 g/mol. The van der Waals surface area contributed by atoms with Gasteiger partial charge in [0.1, 0.15) is 0 Å². The van der Waals surface area contributed by atoms with Gasteiger partial charge in [0.05, 0.1) is 0 Å². The van der Waals surface area contributed by atoms with Gasteiger partial charge >= 0.3 is 59.2 Å². The first kappa shape index (κ1) is 6.33. The maximum absolute atomic E-state index is 2.59. The van der Waals surface area contributed by atoms with Crippen molar-refractivity contribution in [3.8, 4) is 0 Å². The fourth-order valence-corrected chi connectivity index (χ4v) is 1.79. The number of benzene rings is 1. The number of rotatable bonds is 1. The van der Waals surface area contributed by atoms with Crippen LogP contribution in [0.5, 0.6) is 0 Å². The SMILES string of the molecule is [As]Pc1ccccc1. The molecule has 8 heavy (non-hydrogen) atoms. The monoisotopic (exact) mass is 184 g/mol. The minimum atomic E-state index is 0.868. The van der Waals surface area contributed by atoms with Gasteiger partial charge in [-0.2, -0.15) is 0 Å². The Morgan fingerprint density at radius 1 is 1.12 bits per heavy atom. The summed E-state index contributed by atoms with van der Waals surface area (Å²) in [6, 6.07) is 10.4. The van der Waals surface area contributed by atoms with Gasteiger partial charge in [-0.25, -0.2) is 0 Å². The molecule has 1 atom stereocenters. The van der Waals surface area contributed by atoms with Gasteiger partial charge in [-0.05, 0) is 0 Å². The van der Waals surface area contributed by atoms with Crippen LogP contribution >= 0.6 is 7.14 Å². The second-order valence-corrected chi connectivity index (χ2v) is 3.69. The first-order valence-corrected chi connectivity index (χ1v) is 6.15. The van der Waals surface area contributed by atoms with E-state index in [1.54, 1.807) is 0 Å². The van der Waals surface area contributed by atoms with E-state index in [1.807, 2.05) is 6.07 Å². The molecule has 1 unspecified atom stereocenters. The zero-order chi connectivity index (χ0) is 5.82. The van der Waals surface area contributed by atoms with E-state index in [0.717, 1.165) is 7.14 Å². The molecule has 2 radical (unpaired) electrons. The standard InChI is InChI=1S/C6H6AsP/c7-8-6-4-2-1-3-5-6/h1-5,8H. The molecule has 0 nitrogen and oxygen atoms in total. The van der Waals surface area contributed by atoms with Crippen LogP contribution in [0.3, 0.4) is 0 Å². The predicted molar refractivity (Wildman–Crippen MR) is 40.1 cm³/mol. The Labute approximate surface area is 59.5 Å². The van der Waals surface area contributed by atoms with Gasteiger partial charge in [-0.15, -0.1) is 0 Å². The van der Waals surface area contributed by atoms with E-state index >= 15 is 0 Å². The summed E-state index contributed by atoms with van der Waals surface area (Å²) >= 11 is 2.59. The van der Waals surface area contributed by atoms with Crippen LogP contribution in [0.4, 0.5) is 0 Å². The predicted octanol–water partition coefficient (Wildman–Crippen LogP) is 1.07. The van der Waals surface area contributed by atoms with Crippen molar-refractivity contribution in [2.75, 3.05) is 0 Å². The van der Waals surface area contributed by atoms with E-state index in [1.165, 1.54) is 5.30 Å². The molecule has 1 aromatic carbocycles. The second kappa shape index (κ2) is 3.28. The van der Waals surface area contributed by atoms with E-state index in [2.05, 4.69) is 40.7 Å². The number of hydrogen-bond acceptors (Lipinski definition) is 0. The van der Waals surface area contributed by atoms with Crippen LogP contribution in [0.15, 0.2) is 30.3 Å². The van der Waals surface area contributed by atoms with Crippen LogP contribution in [0, 0.1) is 0 Å². The molecule has 0 N–H and O–H groups in total. The van der Waals surface area contributed by atoms with Crippen molar-refractivity contribution < 1.29 is 0 Å². The van der Waals surface area contributed by atoms with Gasteiger partial charge < -0.3 is 0 Å². The minimum absolute atomic E-state index is 0.868. The van der Waals surface area contributed by atoms with Gasteiger partial charge in [0.15, 0.2) is 0 Å². The van der Waals surface area contributed by atoms with Crippen LogP contribution in [-0.2, 0) is 0 Å². The van der Waals surface area contributed by atoms with Gasteiger partial charge in [-0.1, -0.05) is 0 Å². The van der Waals surface area contributed by atoms with Crippen molar-refractivity contribution in [2.45, 2.75) is 0 Å².